The van der Waals surface area contributed by atoms with Gasteiger partial charge in [0.05, 0.1) is 49.7 Å². The van der Waals surface area contributed by atoms with Gasteiger partial charge in [-0.25, -0.2) is 4.98 Å². The van der Waals surface area contributed by atoms with Crippen molar-refractivity contribution in [2.75, 3.05) is 0 Å². The number of furan rings is 1. The Kier molecular flexibility index (Phi) is 5.68. The normalized spacial score (nSPS) is 12.5. The molecule has 0 amide bonds. The maximum Gasteiger partial charge on any atom is 0.238 e. The molecule has 0 unspecified atom stereocenters. The molecule has 14 rings (SSSR count). The van der Waals surface area contributed by atoms with E-state index in [1.807, 2.05) is 12.1 Å². The Morgan fingerprint density at radius 3 is 1.74 bits per heavy atom. The second-order valence-corrected chi connectivity index (χ2v) is 15.3. The molecule has 58 heavy (non-hydrogen) atoms. The monoisotopic (exact) mass is 739 g/mol. The lowest BCUT2D eigenvalue weighted by Crippen LogP contribution is -2.03. The van der Waals surface area contributed by atoms with E-state index in [2.05, 4.69) is 177 Å². The highest BCUT2D eigenvalue weighted by atomic mass is 16.3. The first-order chi connectivity index (χ1) is 28.8. The van der Waals surface area contributed by atoms with Crippen LogP contribution < -0.4 is 0 Å². The predicted octanol–water partition coefficient (Wildman–Crippen LogP) is 13.4. The van der Waals surface area contributed by atoms with Gasteiger partial charge in [-0.2, -0.15) is 4.98 Å². The summed E-state index contributed by atoms with van der Waals surface area (Å²) in [6, 6.07) is 62.7. The molecule has 0 fully saturated rings. The Bertz CT molecular complexity index is 4030. The van der Waals surface area contributed by atoms with E-state index in [-0.39, 0.29) is 0 Å². The summed E-state index contributed by atoms with van der Waals surface area (Å²) < 4.78 is 13.7. The molecule has 0 bridgehead atoms. The average molecular weight is 740 g/mol. The number of benzene rings is 8. The summed E-state index contributed by atoms with van der Waals surface area (Å²) in [5.74, 6) is 0.568. The zero-order valence-corrected chi connectivity index (χ0v) is 30.9. The molecular weight excluding hydrogens is 711 g/mol. The van der Waals surface area contributed by atoms with Crippen LogP contribution in [0.1, 0.15) is 0 Å². The molecule has 0 spiro atoms. The van der Waals surface area contributed by atoms with Gasteiger partial charge in [-0.05, 0) is 54.6 Å². The van der Waals surface area contributed by atoms with E-state index in [0.717, 1.165) is 60.8 Å². The summed E-state index contributed by atoms with van der Waals surface area (Å²) in [4.78, 5) is 10.9. The van der Waals surface area contributed by atoms with Crippen molar-refractivity contribution in [2.45, 2.75) is 0 Å². The lowest BCUT2D eigenvalue weighted by atomic mass is 10.0. The minimum absolute atomic E-state index is 0.559. The van der Waals surface area contributed by atoms with Gasteiger partial charge in [-0.3, -0.25) is 4.57 Å². The smallest absolute Gasteiger partial charge is 0.238 e. The van der Waals surface area contributed by atoms with Crippen LogP contribution in [0, 0.1) is 0 Å². The molecule has 0 saturated heterocycles. The second-order valence-electron chi connectivity index (χ2n) is 15.3. The number of aromatic nitrogens is 5. The van der Waals surface area contributed by atoms with E-state index < -0.39 is 0 Å². The van der Waals surface area contributed by atoms with E-state index in [1.165, 1.54) is 54.3 Å². The van der Waals surface area contributed by atoms with Crippen LogP contribution in [0.25, 0.3) is 127 Å². The lowest BCUT2D eigenvalue weighted by Gasteiger charge is -2.11. The highest BCUT2D eigenvalue weighted by Crippen LogP contribution is 2.47. The van der Waals surface area contributed by atoms with Crippen LogP contribution in [0.2, 0.25) is 0 Å². The van der Waals surface area contributed by atoms with Crippen LogP contribution in [0.5, 0.6) is 0 Å². The van der Waals surface area contributed by atoms with Crippen LogP contribution in [-0.4, -0.2) is 23.5 Å². The number of rotatable bonds is 3. The van der Waals surface area contributed by atoms with Crippen molar-refractivity contribution in [2.24, 2.45) is 0 Å². The molecule has 6 heteroatoms. The highest BCUT2D eigenvalue weighted by Gasteiger charge is 2.26. The Balaban J connectivity index is 1.13. The molecule has 6 nitrogen and oxygen atoms in total. The summed E-state index contributed by atoms with van der Waals surface area (Å²) in [5, 5.41) is 11.6. The Labute approximate surface area is 329 Å². The van der Waals surface area contributed by atoms with Crippen molar-refractivity contribution in [1.29, 1.82) is 0 Å². The molecule has 6 heterocycles. The zero-order chi connectivity index (χ0) is 37.6. The molecule has 8 aromatic carbocycles. The molecule has 0 aliphatic heterocycles. The quantitative estimate of drug-likeness (QED) is 0.181. The van der Waals surface area contributed by atoms with Crippen LogP contribution in [-0.2, 0) is 0 Å². The van der Waals surface area contributed by atoms with Crippen LogP contribution in [0.15, 0.2) is 180 Å². The van der Waals surface area contributed by atoms with Gasteiger partial charge in [0, 0.05) is 59.7 Å². The number of hydrogen-bond donors (Lipinski definition) is 0. The fourth-order valence-corrected chi connectivity index (χ4v) is 10.1. The van der Waals surface area contributed by atoms with Gasteiger partial charge >= 0.3 is 0 Å². The Morgan fingerprint density at radius 2 is 0.966 bits per heavy atom. The molecule has 0 N–H and O–H groups in total. The number of para-hydroxylation sites is 6. The SMILES string of the molecule is c1ccc(-n2c3ccccc3c3ccc(-c4nc(-n5c6ccccc6c6c7c8ccccc8n8c9ccccc9c(cc65)c78)nc5oc6ccccc6c45)cc32)cc1. The maximum absolute atomic E-state index is 6.65. The fraction of sp³-hybridized carbons (Fsp3) is 0. The molecule has 268 valence electrons. The Hall–Kier alpha value is -7.96. The van der Waals surface area contributed by atoms with E-state index >= 15 is 0 Å². The van der Waals surface area contributed by atoms with Gasteiger partial charge in [0.15, 0.2) is 0 Å². The summed E-state index contributed by atoms with van der Waals surface area (Å²) in [5.41, 5.74) is 12.3. The molecule has 0 aliphatic carbocycles. The highest BCUT2D eigenvalue weighted by molar-refractivity contribution is 6.35. The third-order valence-electron chi connectivity index (χ3n) is 12.4. The van der Waals surface area contributed by atoms with Crippen molar-refractivity contribution in [1.82, 2.24) is 23.5 Å². The molecule has 0 saturated carbocycles. The van der Waals surface area contributed by atoms with E-state index in [1.54, 1.807) is 0 Å². The molecule has 6 aromatic heterocycles. The van der Waals surface area contributed by atoms with Gasteiger partial charge in [-0.1, -0.05) is 121 Å². The van der Waals surface area contributed by atoms with Gasteiger partial charge in [0.1, 0.15) is 5.58 Å². The largest absolute Gasteiger partial charge is 0.437 e. The fourth-order valence-electron chi connectivity index (χ4n) is 10.1. The second kappa shape index (κ2) is 10.9. The average Bonchev–Trinajstić information content (AvgIpc) is 4.08. The third-order valence-corrected chi connectivity index (χ3v) is 12.4. The summed E-state index contributed by atoms with van der Waals surface area (Å²) >= 11 is 0. The van der Waals surface area contributed by atoms with E-state index in [9.17, 15) is 0 Å². The number of nitrogens with zero attached hydrogens (tertiary/aromatic N) is 5. The molecule has 0 radical (unpaired) electrons. The lowest BCUT2D eigenvalue weighted by molar-refractivity contribution is 0.651. The molecular formula is C52H29N5O. The summed E-state index contributed by atoms with van der Waals surface area (Å²) in [6.07, 6.45) is 0. The van der Waals surface area contributed by atoms with Crippen molar-refractivity contribution < 1.29 is 4.42 Å². The van der Waals surface area contributed by atoms with Crippen molar-refractivity contribution in [3.63, 3.8) is 0 Å². The topological polar surface area (TPSA) is 53.2 Å². The standard InChI is InChI=1S/C52H29N5O/c1-2-14-31(15-3-1)55-39-21-9-4-16-32(39)34-27-26-30(28-43(34)55)49-48-37-20-8-13-25-45(37)58-51(48)54-52(53-49)57-42-24-12-6-18-35(42)46-44(57)29-38-33-17-5-10-22-40(33)56-41-23-11-7-19-36(41)47(46)50(38)56/h1-29H. The van der Waals surface area contributed by atoms with Crippen LogP contribution >= 0.6 is 0 Å². The molecule has 0 aliphatic rings. The van der Waals surface area contributed by atoms with Crippen molar-refractivity contribution in [3.8, 4) is 22.9 Å². The minimum atomic E-state index is 0.559. The third kappa shape index (κ3) is 3.76. The van der Waals surface area contributed by atoms with Gasteiger partial charge < -0.3 is 13.4 Å². The summed E-state index contributed by atoms with van der Waals surface area (Å²) in [7, 11) is 0. The zero-order valence-electron chi connectivity index (χ0n) is 30.9. The van der Waals surface area contributed by atoms with E-state index in [0.29, 0.717) is 11.7 Å². The first-order valence-corrected chi connectivity index (χ1v) is 19.7. The number of fused-ring (bicyclic) bond motifs is 16. The van der Waals surface area contributed by atoms with Gasteiger partial charge in [0.25, 0.3) is 0 Å². The van der Waals surface area contributed by atoms with Crippen molar-refractivity contribution >= 4 is 104 Å². The van der Waals surface area contributed by atoms with Crippen LogP contribution in [0.3, 0.4) is 0 Å². The summed E-state index contributed by atoms with van der Waals surface area (Å²) in [6.45, 7) is 0. The predicted molar refractivity (Wildman–Crippen MR) is 238 cm³/mol. The van der Waals surface area contributed by atoms with Crippen molar-refractivity contribution in [3.05, 3.63) is 176 Å². The Morgan fingerprint density at radius 1 is 0.379 bits per heavy atom. The minimum Gasteiger partial charge on any atom is -0.437 e. The maximum atomic E-state index is 6.65. The first kappa shape index (κ1) is 30.3. The molecule has 14 aromatic rings. The van der Waals surface area contributed by atoms with Gasteiger partial charge in [-0.15, -0.1) is 0 Å². The van der Waals surface area contributed by atoms with Crippen LogP contribution in [0.4, 0.5) is 0 Å². The van der Waals surface area contributed by atoms with E-state index in [4.69, 9.17) is 14.4 Å². The number of hydrogen-bond acceptors (Lipinski definition) is 3. The first-order valence-electron chi connectivity index (χ1n) is 19.7. The van der Waals surface area contributed by atoms with Gasteiger partial charge in [0.2, 0.25) is 11.7 Å². The molecule has 0 atom stereocenters.